The number of likely N-dealkylation sites (tertiary alicyclic amines) is 1. The number of carboxylic acids is 1. The molecule has 2 amide bonds. The second-order valence-corrected chi connectivity index (χ2v) is 7.07. The van der Waals surface area contributed by atoms with E-state index in [1.54, 1.807) is 16.0 Å². The highest BCUT2D eigenvalue weighted by atomic mass is 16.4. The molecule has 146 valence electrons. The van der Waals surface area contributed by atoms with E-state index in [0.29, 0.717) is 32.5 Å². The highest BCUT2D eigenvalue weighted by Gasteiger charge is 2.29. The van der Waals surface area contributed by atoms with Crippen LogP contribution in [0.2, 0.25) is 0 Å². The number of hydrogen-bond donors (Lipinski definition) is 1. The van der Waals surface area contributed by atoms with Crippen LogP contribution in [0.4, 0.5) is 5.82 Å². The molecule has 1 N–H and O–H groups in total. The van der Waals surface area contributed by atoms with Gasteiger partial charge < -0.3 is 19.8 Å². The van der Waals surface area contributed by atoms with Crippen molar-refractivity contribution >= 4 is 23.6 Å². The van der Waals surface area contributed by atoms with Gasteiger partial charge in [-0.2, -0.15) is 0 Å². The molecular formula is C19H26N4O4. The molecule has 2 fully saturated rings. The lowest BCUT2D eigenvalue weighted by atomic mass is 9.98. The summed E-state index contributed by atoms with van der Waals surface area (Å²) < 4.78 is 0. The number of piperidine rings is 1. The lowest BCUT2D eigenvalue weighted by molar-refractivity contribution is -0.146. The Bertz CT molecular complexity index is 674. The normalized spacial score (nSPS) is 20.4. The van der Waals surface area contributed by atoms with Crippen LogP contribution in [0.25, 0.3) is 0 Å². The maximum absolute atomic E-state index is 12.4. The van der Waals surface area contributed by atoms with E-state index in [4.69, 9.17) is 5.11 Å². The molecule has 1 aromatic heterocycles. The molecule has 1 unspecified atom stereocenters. The summed E-state index contributed by atoms with van der Waals surface area (Å²) >= 11 is 0. The molecule has 27 heavy (non-hydrogen) atoms. The zero-order chi connectivity index (χ0) is 19.2. The van der Waals surface area contributed by atoms with Crippen molar-refractivity contribution in [3.05, 3.63) is 24.4 Å². The molecule has 3 heterocycles. The van der Waals surface area contributed by atoms with E-state index >= 15 is 0 Å². The van der Waals surface area contributed by atoms with Crippen LogP contribution in [0.15, 0.2) is 24.4 Å². The summed E-state index contributed by atoms with van der Waals surface area (Å²) in [6, 6.07) is 5.78. The molecule has 2 aliphatic heterocycles. The molecule has 2 aliphatic rings. The van der Waals surface area contributed by atoms with Crippen molar-refractivity contribution < 1.29 is 19.5 Å². The Morgan fingerprint density at radius 1 is 1.00 bits per heavy atom. The first-order valence-corrected chi connectivity index (χ1v) is 9.49. The largest absolute Gasteiger partial charge is 0.481 e. The fourth-order valence-corrected chi connectivity index (χ4v) is 3.66. The van der Waals surface area contributed by atoms with Gasteiger partial charge in [0.25, 0.3) is 0 Å². The minimum absolute atomic E-state index is 0.0178. The first-order chi connectivity index (χ1) is 13.0. The first-order valence-electron chi connectivity index (χ1n) is 9.49. The third-order valence-electron chi connectivity index (χ3n) is 5.28. The van der Waals surface area contributed by atoms with Gasteiger partial charge >= 0.3 is 5.97 Å². The van der Waals surface area contributed by atoms with Gasteiger partial charge in [-0.15, -0.1) is 0 Å². The number of amides is 2. The zero-order valence-corrected chi connectivity index (χ0v) is 15.4. The molecule has 0 saturated carbocycles. The van der Waals surface area contributed by atoms with Crippen molar-refractivity contribution in [1.82, 2.24) is 14.8 Å². The molecule has 0 radical (unpaired) electrons. The van der Waals surface area contributed by atoms with E-state index in [1.807, 2.05) is 18.2 Å². The Kier molecular flexibility index (Phi) is 6.26. The summed E-state index contributed by atoms with van der Waals surface area (Å²) in [5.74, 6) is -0.567. The van der Waals surface area contributed by atoms with Gasteiger partial charge in [0, 0.05) is 58.3 Å². The van der Waals surface area contributed by atoms with Crippen LogP contribution >= 0.6 is 0 Å². The van der Waals surface area contributed by atoms with Gasteiger partial charge in [-0.1, -0.05) is 6.07 Å². The van der Waals surface area contributed by atoms with Crippen LogP contribution < -0.4 is 4.90 Å². The number of rotatable bonds is 5. The van der Waals surface area contributed by atoms with Crippen molar-refractivity contribution in [2.75, 3.05) is 44.2 Å². The number of hydrogen-bond acceptors (Lipinski definition) is 5. The van der Waals surface area contributed by atoms with Gasteiger partial charge in [0.05, 0.1) is 5.92 Å². The lowest BCUT2D eigenvalue weighted by Crippen LogP contribution is -2.49. The second kappa shape index (κ2) is 8.83. The van der Waals surface area contributed by atoms with Crippen LogP contribution in [-0.4, -0.2) is 76.9 Å². The predicted molar refractivity (Wildman–Crippen MR) is 99.2 cm³/mol. The molecule has 2 saturated heterocycles. The smallest absolute Gasteiger partial charge is 0.308 e. The van der Waals surface area contributed by atoms with Crippen LogP contribution in [0.5, 0.6) is 0 Å². The molecular weight excluding hydrogens is 348 g/mol. The molecule has 8 nitrogen and oxygen atoms in total. The number of aliphatic carboxylic acids is 1. The molecule has 0 aromatic carbocycles. The van der Waals surface area contributed by atoms with Crippen molar-refractivity contribution in [3.8, 4) is 0 Å². The molecule has 3 rings (SSSR count). The minimum atomic E-state index is -0.852. The monoisotopic (exact) mass is 374 g/mol. The van der Waals surface area contributed by atoms with Crippen molar-refractivity contribution in [2.45, 2.75) is 25.7 Å². The van der Waals surface area contributed by atoms with Gasteiger partial charge in [0.2, 0.25) is 11.8 Å². The number of nitrogens with zero attached hydrogens (tertiary/aromatic N) is 4. The number of aromatic nitrogens is 1. The SMILES string of the molecule is O=C(O)C1CCCN(C(=O)CCC(=O)N2CCN(c3ccccn3)CC2)C1. The van der Waals surface area contributed by atoms with Gasteiger partial charge in [-0.3, -0.25) is 14.4 Å². The van der Waals surface area contributed by atoms with E-state index in [0.717, 1.165) is 18.9 Å². The maximum atomic E-state index is 12.4. The Morgan fingerprint density at radius 3 is 2.33 bits per heavy atom. The molecule has 1 aromatic rings. The van der Waals surface area contributed by atoms with Crippen LogP contribution in [0.3, 0.4) is 0 Å². The molecule has 8 heteroatoms. The van der Waals surface area contributed by atoms with Crippen LogP contribution in [0.1, 0.15) is 25.7 Å². The summed E-state index contributed by atoms with van der Waals surface area (Å²) in [5, 5.41) is 9.12. The fraction of sp³-hybridized carbons (Fsp3) is 0.579. The van der Waals surface area contributed by atoms with Gasteiger partial charge in [0.1, 0.15) is 5.82 Å². The molecule has 1 atom stereocenters. The Hall–Kier alpha value is -2.64. The zero-order valence-electron chi connectivity index (χ0n) is 15.4. The standard InChI is InChI=1S/C19H26N4O4/c24-17(6-7-18(25)23-9-3-4-15(14-23)19(26)27)22-12-10-21(11-13-22)16-5-1-2-8-20-16/h1-2,5,8,15H,3-4,6-7,9-14H2,(H,26,27). The summed E-state index contributed by atoms with van der Waals surface area (Å²) in [5.41, 5.74) is 0. The topological polar surface area (TPSA) is 94.0 Å². The highest BCUT2D eigenvalue weighted by molar-refractivity contribution is 5.84. The quantitative estimate of drug-likeness (QED) is 0.821. The number of carbonyl (C=O) groups excluding carboxylic acids is 2. The van der Waals surface area contributed by atoms with E-state index in [9.17, 15) is 14.4 Å². The van der Waals surface area contributed by atoms with Crippen LogP contribution in [-0.2, 0) is 14.4 Å². The Labute approximate surface area is 158 Å². The third kappa shape index (κ3) is 4.96. The van der Waals surface area contributed by atoms with Crippen molar-refractivity contribution in [3.63, 3.8) is 0 Å². The van der Waals surface area contributed by atoms with E-state index in [-0.39, 0.29) is 31.2 Å². The lowest BCUT2D eigenvalue weighted by Gasteiger charge is -2.35. The van der Waals surface area contributed by atoms with Gasteiger partial charge in [0.15, 0.2) is 0 Å². The summed E-state index contributed by atoms with van der Waals surface area (Å²) in [6.45, 7) is 3.53. The molecule has 0 bridgehead atoms. The van der Waals surface area contributed by atoms with Crippen molar-refractivity contribution in [2.24, 2.45) is 5.92 Å². The number of carboxylic acid groups (broad SMARTS) is 1. The first kappa shape index (κ1) is 19.1. The minimum Gasteiger partial charge on any atom is -0.481 e. The Morgan fingerprint density at radius 2 is 1.70 bits per heavy atom. The van der Waals surface area contributed by atoms with E-state index < -0.39 is 11.9 Å². The average Bonchev–Trinajstić information content (AvgIpc) is 2.72. The van der Waals surface area contributed by atoms with Crippen LogP contribution in [0, 0.1) is 5.92 Å². The number of piperazine rings is 1. The van der Waals surface area contributed by atoms with E-state index in [2.05, 4.69) is 9.88 Å². The van der Waals surface area contributed by atoms with Gasteiger partial charge in [-0.05, 0) is 25.0 Å². The average molecular weight is 374 g/mol. The number of pyridine rings is 1. The second-order valence-electron chi connectivity index (χ2n) is 7.07. The van der Waals surface area contributed by atoms with Gasteiger partial charge in [-0.25, -0.2) is 4.98 Å². The maximum Gasteiger partial charge on any atom is 0.308 e. The number of anilines is 1. The fourth-order valence-electron chi connectivity index (χ4n) is 3.66. The highest BCUT2D eigenvalue weighted by Crippen LogP contribution is 2.18. The summed E-state index contributed by atoms with van der Waals surface area (Å²) in [7, 11) is 0. The molecule has 0 aliphatic carbocycles. The van der Waals surface area contributed by atoms with Crippen molar-refractivity contribution in [1.29, 1.82) is 0 Å². The number of carbonyl (C=O) groups is 3. The third-order valence-corrected chi connectivity index (χ3v) is 5.28. The molecule has 0 spiro atoms. The Balaban J connectivity index is 1.42. The summed E-state index contributed by atoms with van der Waals surface area (Å²) in [6.07, 6.45) is 3.39. The van der Waals surface area contributed by atoms with E-state index in [1.165, 1.54) is 0 Å². The predicted octanol–water partition coefficient (Wildman–Crippen LogP) is 0.834. The summed E-state index contributed by atoms with van der Waals surface area (Å²) in [4.78, 5) is 45.7.